The van der Waals surface area contributed by atoms with Crippen LogP contribution in [0.5, 0.6) is 0 Å². The summed E-state index contributed by atoms with van der Waals surface area (Å²) >= 11 is 1.44. The summed E-state index contributed by atoms with van der Waals surface area (Å²) < 4.78 is 1.39. The van der Waals surface area contributed by atoms with Crippen molar-refractivity contribution in [3.63, 3.8) is 0 Å². The molecule has 6 heteroatoms. The molecule has 0 aliphatic rings. The van der Waals surface area contributed by atoms with Gasteiger partial charge < -0.3 is 0 Å². The van der Waals surface area contributed by atoms with Crippen molar-refractivity contribution in [2.24, 2.45) is 0 Å². The van der Waals surface area contributed by atoms with Crippen molar-refractivity contribution >= 4 is 16.3 Å². The summed E-state index contributed by atoms with van der Waals surface area (Å²) in [4.78, 5) is 13.4. The van der Waals surface area contributed by atoms with Gasteiger partial charge in [-0.15, -0.1) is 10.2 Å². The molecule has 4 aromatic rings. The molecule has 0 aliphatic heterocycles. The predicted molar refractivity (Wildman–Crippen MR) is 104 cm³/mol. The van der Waals surface area contributed by atoms with Crippen molar-refractivity contribution in [2.75, 3.05) is 0 Å². The quantitative estimate of drug-likeness (QED) is 0.535. The molecule has 0 spiro atoms. The van der Waals surface area contributed by atoms with Gasteiger partial charge in [-0.1, -0.05) is 85.3 Å². The molecule has 0 fully saturated rings. The molecule has 2 aromatic heterocycles. The van der Waals surface area contributed by atoms with Crippen molar-refractivity contribution in [2.45, 2.75) is 25.7 Å². The fourth-order valence-electron chi connectivity index (χ4n) is 3.05. The van der Waals surface area contributed by atoms with Gasteiger partial charge in [0.25, 0.3) is 0 Å². The highest BCUT2D eigenvalue weighted by Crippen LogP contribution is 2.31. The van der Waals surface area contributed by atoms with Gasteiger partial charge in [-0.2, -0.15) is 9.61 Å². The summed E-state index contributed by atoms with van der Waals surface area (Å²) in [6.45, 7) is 2.16. The fraction of sp³-hybridized carbons (Fsp3) is 0.200. The van der Waals surface area contributed by atoms with E-state index >= 15 is 0 Å². The van der Waals surface area contributed by atoms with Gasteiger partial charge in [0.1, 0.15) is 5.01 Å². The van der Waals surface area contributed by atoms with Gasteiger partial charge in [-0.3, -0.25) is 4.79 Å². The highest BCUT2D eigenvalue weighted by molar-refractivity contribution is 7.16. The van der Waals surface area contributed by atoms with E-state index in [4.69, 9.17) is 0 Å². The number of rotatable bonds is 5. The first-order valence-electron chi connectivity index (χ1n) is 8.64. The van der Waals surface area contributed by atoms with Gasteiger partial charge in [0.15, 0.2) is 5.69 Å². The summed E-state index contributed by atoms with van der Waals surface area (Å²) in [5, 5.41) is 13.9. The first kappa shape index (κ1) is 16.6. The molecule has 0 saturated heterocycles. The molecule has 0 bridgehead atoms. The van der Waals surface area contributed by atoms with Crippen LogP contribution in [-0.4, -0.2) is 19.8 Å². The molecule has 4 rings (SSSR count). The van der Waals surface area contributed by atoms with Crippen LogP contribution < -0.4 is 5.56 Å². The largest absolute Gasteiger partial charge is 0.302 e. The first-order chi connectivity index (χ1) is 12.8. The Balaban J connectivity index is 1.82. The number of fused-ring (bicyclic) bond motifs is 1. The van der Waals surface area contributed by atoms with E-state index in [1.54, 1.807) is 0 Å². The van der Waals surface area contributed by atoms with Crippen molar-refractivity contribution in [1.82, 2.24) is 19.8 Å². The standard InChI is InChI=1S/C20H18N4OS/c1-2-9-16(14-10-5-3-6-11-14)18-23-24-19(25)17(21-22-20(24)26-18)15-12-7-4-8-13-15/h3-8,10-13,16H,2,9H2,1H3/t16-/m0/s1. The van der Waals surface area contributed by atoms with E-state index in [0.717, 1.165) is 23.4 Å². The highest BCUT2D eigenvalue weighted by atomic mass is 32.1. The zero-order valence-electron chi connectivity index (χ0n) is 14.4. The number of hydrogen-bond acceptors (Lipinski definition) is 5. The molecule has 1 atom stereocenters. The second kappa shape index (κ2) is 7.17. The van der Waals surface area contributed by atoms with Crippen LogP contribution in [-0.2, 0) is 0 Å². The zero-order valence-corrected chi connectivity index (χ0v) is 15.2. The van der Waals surface area contributed by atoms with Crippen LogP contribution in [0.2, 0.25) is 0 Å². The Morgan fingerprint density at radius 2 is 1.69 bits per heavy atom. The number of nitrogens with zero attached hydrogens (tertiary/aromatic N) is 4. The molecule has 0 aliphatic carbocycles. The lowest BCUT2D eigenvalue weighted by molar-refractivity contribution is 0.676. The summed E-state index contributed by atoms with van der Waals surface area (Å²) in [6.07, 6.45) is 2.00. The minimum absolute atomic E-state index is 0.160. The molecule has 26 heavy (non-hydrogen) atoms. The second-order valence-electron chi connectivity index (χ2n) is 6.11. The predicted octanol–water partition coefficient (Wildman–Crippen LogP) is 4.15. The summed E-state index contributed by atoms with van der Waals surface area (Å²) in [5.74, 6) is 0.160. The average Bonchev–Trinajstić information content (AvgIpc) is 3.13. The first-order valence-corrected chi connectivity index (χ1v) is 9.46. The van der Waals surface area contributed by atoms with E-state index in [-0.39, 0.29) is 11.5 Å². The van der Waals surface area contributed by atoms with Gasteiger partial charge in [-0.25, -0.2) is 0 Å². The normalized spacial score (nSPS) is 12.3. The summed E-state index contributed by atoms with van der Waals surface area (Å²) in [5.41, 5.74) is 2.05. The van der Waals surface area contributed by atoms with Gasteiger partial charge in [0.05, 0.1) is 0 Å². The van der Waals surface area contributed by atoms with Crippen molar-refractivity contribution in [1.29, 1.82) is 0 Å². The molecule has 2 aromatic carbocycles. The lowest BCUT2D eigenvalue weighted by Crippen LogP contribution is -2.19. The molecule has 0 saturated carbocycles. The van der Waals surface area contributed by atoms with Crippen molar-refractivity contribution < 1.29 is 0 Å². The van der Waals surface area contributed by atoms with Crippen molar-refractivity contribution in [3.05, 3.63) is 81.6 Å². The molecular formula is C20H18N4OS. The fourth-order valence-corrected chi connectivity index (χ4v) is 4.05. The lowest BCUT2D eigenvalue weighted by atomic mass is 9.95. The molecule has 0 radical (unpaired) electrons. The van der Waals surface area contributed by atoms with Crippen LogP contribution in [0.15, 0.2) is 65.5 Å². The van der Waals surface area contributed by atoms with E-state index in [2.05, 4.69) is 34.4 Å². The maximum Gasteiger partial charge on any atom is 0.302 e. The Labute approximate surface area is 155 Å². The van der Waals surface area contributed by atoms with Crippen LogP contribution in [0.4, 0.5) is 0 Å². The highest BCUT2D eigenvalue weighted by Gasteiger charge is 2.20. The maximum absolute atomic E-state index is 12.9. The van der Waals surface area contributed by atoms with Gasteiger partial charge in [0, 0.05) is 11.5 Å². The minimum Gasteiger partial charge on any atom is -0.265 e. The average molecular weight is 362 g/mol. The van der Waals surface area contributed by atoms with E-state index in [0.29, 0.717) is 10.7 Å². The van der Waals surface area contributed by atoms with Crippen LogP contribution in [0, 0.1) is 0 Å². The zero-order chi connectivity index (χ0) is 17.9. The third-order valence-corrected chi connectivity index (χ3v) is 5.34. The third-order valence-electron chi connectivity index (χ3n) is 4.33. The SMILES string of the molecule is CCC[C@@H](c1ccccc1)c1nn2c(=O)c(-c3ccccc3)nnc2s1. The third kappa shape index (κ3) is 3.04. The monoisotopic (exact) mass is 362 g/mol. The van der Waals surface area contributed by atoms with Crippen LogP contribution in [0.25, 0.3) is 16.2 Å². The maximum atomic E-state index is 12.9. The van der Waals surface area contributed by atoms with E-state index in [1.165, 1.54) is 21.4 Å². The number of hydrogen-bond donors (Lipinski definition) is 0. The van der Waals surface area contributed by atoms with Gasteiger partial charge in [0.2, 0.25) is 4.96 Å². The summed E-state index contributed by atoms with van der Waals surface area (Å²) in [7, 11) is 0. The van der Waals surface area contributed by atoms with Crippen LogP contribution in [0.1, 0.15) is 36.3 Å². The Hall–Kier alpha value is -2.86. The topological polar surface area (TPSA) is 60.2 Å². The molecule has 0 N–H and O–H groups in total. The number of aromatic nitrogens is 4. The molecule has 130 valence electrons. The molecule has 5 nitrogen and oxygen atoms in total. The Morgan fingerprint density at radius 3 is 2.38 bits per heavy atom. The second-order valence-corrected chi connectivity index (χ2v) is 7.09. The Bertz CT molecular complexity index is 1070. The Kier molecular flexibility index (Phi) is 4.58. The minimum atomic E-state index is -0.230. The van der Waals surface area contributed by atoms with E-state index in [9.17, 15) is 4.79 Å². The van der Waals surface area contributed by atoms with Crippen LogP contribution >= 0.6 is 11.3 Å². The molecule has 0 unspecified atom stereocenters. The van der Waals surface area contributed by atoms with Crippen molar-refractivity contribution in [3.8, 4) is 11.3 Å². The molecule has 0 amide bonds. The van der Waals surface area contributed by atoms with Gasteiger partial charge in [-0.05, 0) is 12.0 Å². The summed E-state index contributed by atoms with van der Waals surface area (Å²) in [6, 6.07) is 19.7. The molecule has 2 heterocycles. The lowest BCUT2D eigenvalue weighted by Gasteiger charge is -2.12. The number of benzene rings is 2. The smallest absolute Gasteiger partial charge is 0.265 e. The van der Waals surface area contributed by atoms with E-state index in [1.807, 2.05) is 48.5 Å². The van der Waals surface area contributed by atoms with Crippen LogP contribution in [0.3, 0.4) is 0 Å². The molecular weight excluding hydrogens is 344 g/mol. The van der Waals surface area contributed by atoms with E-state index < -0.39 is 0 Å². The van der Waals surface area contributed by atoms with Gasteiger partial charge >= 0.3 is 5.56 Å². The Morgan fingerprint density at radius 1 is 1.00 bits per heavy atom.